The second-order valence-electron chi connectivity index (χ2n) is 2.90. The Morgan fingerprint density at radius 1 is 1.60 bits per heavy atom. The third kappa shape index (κ3) is 5.12. The maximum Gasteiger partial charge on any atom is 1.00 e. The molecule has 15 heavy (non-hydrogen) atoms. The maximum absolute atomic E-state index is 11.1. The molecule has 1 atom stereocenters. The monoisotopic (exact) mass is 234 g/mol. The van der Waals surface area contributed by atoms with Crippen molar-refractivity contribution < 1.29 is 43.5 Å². The predicted molar refractivity (Wildman–Crippen MR) is 54.9 cm³/mol. The fourth-order valence-corrected chi connectivity index (χ4v) is 1.88. The summed E-state index contributed by atoms with van der Waals surface area (Å²) >= 11 is 0. The molecule has 0 aliphatic carbocycles. The molecule has 1 rings (SSSR count). The van der Waals surface area contributed by atoms with Crippen molar-refractivity contribution in [1.29, 1.82) is 0 Å². The van der Waals surface area contributed by atoms with Gasteiger partial charge in [-0.05, 0) is 11.1 Å². The van der Waals surface area contributed by atoms with Crippen molar-refractivity contribution in [2.45, 2.75) is 6.16 Å². The Morgan fingerprint density at radius 2 is 2.27 bits per heavy atom. The van der Waals surface area contributed by atoms with Gasteiger partial charge in [0.2, 0.25) is 0 Å². The molecule has 1 aromatic carbocycles. The van der Waals surface area contributed by atoms with Gasteiger partial charge < -0.3 is 14.0 Å². The van der Waals surface area contributed by atoms with Gasteiger partial charge in [0.1, 0.15) is 7.60 Å². The minimum absolute atomic E-state index is 0. The van der Waals surface area contributed by atoms with Gasteiger partial charge >= 0.3 is 29.6 Å². The van der Waals surface area contributed by atoms with E-state index < -0.39 is 7.60 Å². The van der Waals surface area contributed by atoms with E-state index in [4.69, 9.17) is 0 Å². The topological polar surface area (TPSA) is 49.4 Å². The molecular weight excluding hydrogens is 222 g/mol. The summed E-state index contributed by atoms with van der Waals surface area (Å²) in [6.07, 6.45) is 1.59. The van der Waals surface area contributed by atoms with E-state index in [2.05, 4.69) is 11.1 Å². The molecule has 0 radical (unpaired) electrons. The first-order valence-electron chi connectivity index (χ1n) is 4.14. The molecule has 0 saturated heterocycles. The number of hydrogen-bond donors (Lipinski definition) is 0. The van der Waals surface area contributed by atoms with Crippen LogP contribution in [0.4, 0.5) is 0 Å². The van der Waals surface area contributed by atoms with Gasteiger partial charge in [0.05, 0.1) is 0 Å². The fraction of sp³-hybridized carbons (Fsp3) is 0.200. The van der Waals surface area contributed by atoms with Gasteiger partial charge in [0.25, 0.3) is 0 Å². The average molecular weight is 234 g/mol. The first-order valence-corrected chi connectivity index (χ1v) is 5.87. The van der Waals surface area contributed by atoms with Crippen molar-refractivity contribution in [3.8, 4) is 0 Å². The minimum atomic E-state index is -3.71. The Hall–Kier alpha value is 0.110. The second-order valence-corrected chi connectivity index (χ2v) is 4.80. The van der Waals surface area contributed by atoms with E-state index >= 15 is 0 Å². The fourth-order valence-electron chi connectivity index (χ4n) is 1.11. The zero-order valence-corrected chi connectivity index (χ0v) is 11.9. The SMILES string of the molecule is C=Cc1cccc(CP(=O)([O-])OC)c1.[Na+]. The molecule has 5 heteroatoms. The van der Waals surface area contributed by atoms with Crippen molar-refractivity contribution in [3.63, 3.8) is 0 Å². The van der Waals surface area contributed by atoms with E-state index in [1.54, 1.807) is 24.3 Å². The molecule has 0 aromatic heterocycles. The molecule has 0 aliphatic heterocycles. The van der Waals surface area contributed by atoms with E-state index in [1.807, 2.05) is 6.07 Å². The van der Waals surface area contributed by atoms with E-state index in [9.17, 15) is 9.46 Å². The van der Waals surface area contributed by atoms with Crippen LogP contribution in [0.15, 0.2) is 30.8 Å². The van der Waals surface area contributed by atoms with Crippen LogP contribution in [0.1, 0.15) is 11.1 Å². The Balaban J connectivity index is 0.00000196. The van der Waals surface area contributed by atoms with Crippen molar-refractivity contribution >= 4 is 13.7 Å². The van der Waals surface area contributed by atoms with Gasteiger partial charge in [-0.2, -0.15) is 0 Å². The van der Waals surface area contributed by atoms with Crippen LogP contribution in [0.2, 0.25) is 0 Å². The van der Waals surface area contributed by atoms with E-state index in [-0.39, 0.29) is 35.7 Å². The molecule has 3 nitrogen and oxygen atoms in total. The summed E-state index contributed by atoms with van der Waals surface area (Å²) in [4.78, 5) is 11.1. The van der Waals surface area contributed by atoms with Gasteiger partial charge in [-0.15, -0.1) is 0 Å². The predicted octanol–water partition coefficient (Wildman–Crippen LogP) is -0.967. The van der Waals surface area contributed by atoms with Crippen LogP contribution in [0.3, 0.4) is 0 Å². The quantitative estimate of drug-likeness (QED) is 0.497. The van der Waals surface area contributed by atoms with Crippen LogP contribution in [0, 0.1) is 0 Å². The van der Waals surface area contributed by atoms with Crippen molar-refractivity contribution in [2.75, 3.05) is 7.11 Å². The van der Waals surface area contributed by atoms with Crippen LogP contribution in [0.5, 0.6) is 0 Å². The third-order valence-electron chi connectivity index (χ3n) is 1.84. The van der Waals surface area contributed by atoms with Gasteiger partial charge in [0, 0.05) is 13.3 Å². The maximum atomic E-state index is 11.1. The van der Waals surface area contributed by atoms with Crippen LogP contribution >= 0.6 is 7.60 Å². The summed E-state index contributed by atoms with van der Waals surface area (Å²) in [5.74, 6) is 0. The van der Waals surface area contributed by atoms with Crippen molar-refractivity contribution in [1.82, 2.24) is 0 Å². The second kappa shape index (κ2) is 6.64. The van der Waals surface area contributed by atoms with Crippen molar-refractivity contribution in [2.24, 2.45) is 0 Å². The zero-order valence-electron chi connectivity index (χ0n) is 8.97. The summed E-state index contributed by atoms with van der Waals surface area (Å²) in [5.41, 5.74) is 1.61. The minimum Gasteiger partial charge on any atom is -0.778 e. The number of rotatable bonds is 4. The van der Waals surface area contributed by atoms with Crippen LogP contribution < -0.4 is 34.5 Å². The van der Waals surface area contributed by atoms with Gasteiger partial charge in [-0.3, -0.25) is 0 Å². The summed E-state index contributed by atoms with van der Waals surface area (Å²) < 4.78 is 15.5. The van der Waals surface area contributed by atoms with Gasteiger partial charge in [0.15, 0.2) is 0 Å². The number of benzene rings is 1. The summed E-state index contributed by atoms with van der Waals surface area (Å²) in [6.45, 7) is 3.61. The summed E-state index contributed by atoms with van der Waals surface area (Å²) in [7, 11) is -2.54. The number of hydrogen-bond acceptors (Lipinski definition) is 3. The molecule has 1 aromatic rings. The normalized spacial score (nSPS) is 13.7. The first-order chi connectivity index (χ1) is 6.57. The van der Waals surface area contributed by atoms with Crippen molar-refractivity contribution in [3.05, 3.63) is 42.0 Å². The van der Waals surface area contributed by atoms with E-state index in [1.165, 1.54) is 7.11 Å². The zero-order chi connectivity index (χ0) is 10.6. The Bertz CT molecular complexity index is 379. The Morgan fingerprint density at radius 3 is 2.80 bits per heavy atom. The van der Waals surface area contributed by atoms with E-state index in [0.717, 1.165) is 5.56 Å². The van der Waals surface area contributed by atoms with Crippen LogP contribution in [0.25, 0.3) is 6.08 Å². The molecule has 0 bridgehead atoms. The summed E-state index contributed by atoms with van der Waals surface area (Å²) in [6, 6.07) is 7.17. The largest absolute Gasteiger partial charge is 1.00 e. The molecule has 0 aliphatic rings. The molecule has 0 N–H and O–H groups in total. The van der Waals surface area contributed by atoms with Gasteiger partial charge in [-0.25, -0.2) is 0 Å². The first kappa shape index (κ1) is 15.1. The molecule has 0 heterocycles. The molecule has 0 spiro atoms. The molecule has 0 amide bonds. The van der Waals surface area contributed by atoms with Gasteiger partial charge in [-0.1, -0.05) is 36.9 Å². The third-order valence-corrected chi connectivity index (χ3v) is 3.15. The standard InChI is InChI=1S/C10H13O3P.Na/c1-3-9-5-4-6-10(7-9)8-14(11,12)13-2;/h3-7H,1,8H2,2H3,(H,11,12);/q;+1/p-1. The van der Waals surface area contributed by atoms with E-state index in [0.29, 0.717) is 5.56 Å². The molecule has 1 unspecified atom stereocenters. The van der Waals surface area contributed by atoms with Crippen LogP contribution in [-0.2, 0) is 15.3 Å². The Labute approximate surface area is 112 Å². The van der Waals surface area contributed by atoms with Crippen LogP contribution in [-0.4, -0.2) is 7.11 Å². The summed E-state index contributed by atoms with van der Waals surface area (Å²) in [5, 5.41) is 0. The molecular formula is C10H12NaO3P. The molecule has 0 fully saturated rings. The average Bonchev–Trinajstić information content (AvgIpc) is 2.17. The molecule has 0 saturated carbocycles. The molecule has 76 valence electrons. The smallest absolute Gasteiger partial charge is 0.778 e. The Kier molecular flexibility index (Phi) is 6.69.